The summed E-state index contributed by atoms with van der Waals surface area (Å²) in [6.07, 6.45) is 8.12. The van der Waals surface area contributed by atoms with Crippen molar-refractivity contribution in [2.75, 3.05) is 27.2 Å². The lowest BCUT2D eigenvalue weighted by Crippen LogP contribution is -2.24. The topological polar surface area (TPSA) is 50.2 Å². The number of pyridine rings is 1. The van der Waals surface area contributed by atoms with Crippen molar-refractivity contribution in [3.63, 3.8) is 0 Å². The Labute approximate surface area is 125 Å². The summed E-state index contributed by atoms with van der Waals surface area (Å²) in [4.78, 5) is 18.0. The Bertz CT molecular complexity index is 643. The average Bonchev–Trinajstić information content (AvgIpc) is 2.76. The molecule has 5 nitrogen and oxygen atoms in total. The summed E-state index contributed by atoms with van der Waals surface area (Å²) in [5, 5.41) is 4.06. The van der Waals surface area contributed by atoms with Gasteiger partial charge in [-0.05, 0) is 38.2 Å². The number of aryl methyl sites for hydroxylation is 1. The monoisotopic (exact) mass is 286 g/mol. The quantitative estimate of drug-likeness (QED) is 0.816. The van der Waals surface area contributed by atoms with E-state index < -0.39 is 0 Å². The number of aromatic nitrogens is 2. The van der Waals surface area contributed by atoms with Gasteiger partial charge in [-0.15, -0.1) is 0 Å². The standard InChI is InChI=1S/C16H22N4O/c1-19(2)11-5-7-15(21)17-10-8-13-12-20(3)16-14(13)6-4-9-18-16/h4-7,9,12H,8,10-11H2,1-3H3,(H,17,21)/b7-5+. The molecule has 0 aliphatic heterocycles. The molecule has 0 radical (unpaired) electrons. The second-order valence-electron chi connectivity index (χ2n) is 5.35. The van der Waals surface area contributed by atoms with Gasteiger partial charge in [-0.2, -0.15) is 0 Å². The molecule has 2 rings (SSSR count). The van der Waals surface area contributed by atoms with Gasteiger partial charge in [0.05, 0.1) is 0 Å². The summed E-state index contributed by atoms with van der Waals surface area (Å²) in [5.74, 6) is -0.0461. The molecule has 0 atom stereocenters. The van der Waals surface area contributed by atoms with Gasteiger partial charge in [0, 0.05) is 44.0 Å². The van der Waals surface area contributed by atoms with E-state index in [9.17, 15) is 4.79 Å². The highest BCUT2D eigenvalue weighted by Gasteiger charge is 2.06. The Balaban J connectivity index is 1.88. The van der Waals surface area contributed by atoms with Crippen molar-refractivity contribution in [1.82, 2.24) is 19.8 Å². The lowest BCUT2D eigenvalue weighted by molar-refractivity contribution is -0.116. The summed E-state index contributed by atoms with van der Waals surface area (Å²) in [6.45, 7) is 1.39. The van der Waals surface area contributed by atoms with E-state index in [0.717, 1.165) is 24.0 Å². The van der Waals surface area contributed by atoms with Gasteiger partial charge in [0.2, 0.25) is 5.91 Å². The minimum Gasteiger partial charge on any atom is -0.352 e. The van der Waals surface area contributed by atoms with Crippen LogP contribution in [0.3, 0.4) is 0 Å². The number of rotatable bonds is 6. The Morgan fingerprint density at radius 2 is 2.29 bits per heavy atom. The molecule has 0 saturated carbocycles. The lowest BCUT2D eigenvalue weighted by atomic mass is 10.1. The predicted octanol–water partition coefficient (Wildman–Crippen LogP) is 1.35. The molecule has 0 spiro atoms. The highest BCUT2D eigenvalue weighted by Crippen LogP contribution is 2.18. The first-order valence-corrected chi connectivity index (χ1v) is 7.06. The Hall–Kier alpha value is -2.14. The molecule has 2 aromatic rings. The number of hydrogen-bond acceptors (Lipinski definition) is 3. The van der Waals surface area contributed by atoms with Crippen molar-refractivity contribution in [2.45, 2.75) is 6.42 Å². The van der Waals surface area contributed by atoms with Crippen LogP contribution in [0.5, 0.6) is 0 Å². The summed E-state index contributed by atoms with van der Waals surface area (Å²) in [6, 6.07) is 4.00. The second kappa shape index (κ2) is 7.04. The molecule has 0 aliphatic rings. The van der Waals surface area contributed by atoms with Gasteiger partial charge in [0.1, 0.15) is 5.65 Å². The van der Waals surface area contributed by atoms with E-state index in [2.05, 4.69) is 22.6 Å². The zero-order valence-electron chi connectivity index (χ0n) is 12.8. The average molecular weight is 286 g/mol. The molecule has 0 unspecified atom stereocenters. The van der Waals surface area contributed by atoms with Crippen molar-refractivity contribution >= 4 is 16.9 Å². The van der Waals surface area contributed by atoms with Gasteiger partial charge in [-0.1, -0.05) is 6.08 Å². The third-order valence-electron chi connectivity index (χ3n) is 3.25. The predicted molar refractivity (Wildman–Crippen MR) is 85.1 cm³/mol. The van der Waals surface area contributed by atoms with Crippen LogP contribution in [0.15, 0.2) is 36.7 Å². The fourth-order valence-electron chi connectivity index (χ4n) is 2.24. The van der Waals surface area contributed by atoms with Crippen molar-refractivity contribution in [3.05, 3.63) is 42.2 Å². The Morgan fingerprint density at radius 1 is 1.48 bits per heavy atom. The number of hydrogen-bond donors (Lipinski definition) is 1. The van der Waals surface area contributed by atoms with E-state index in [0.29, 0.717) is 6.54 Å². The third-order valence-corrected chi connectivity index (χ3v) is 3.25. The van der Waals surface area contributed by atoms with Gasteiger partial charge in [-0.25, -0.2) is 4.98 Å². The van der Waals surface area contributed by atoms with Crippen LogP contribution in [-0.4, -0.2) is 47.5 Å². The Kier molecular flexibility index (Phi) is 5.11. The van der Waals surface area contributed by atoms with E-state index in [1.165, 1.54) is 5.56 Å². The molecule has 2 aromatic heterocycles. The fraction of sp³-hybridized carbons (Fsp3) is 0.375. The minimum absolute atomic E-state index is 0.0461. The largest absolute Gasteiger partial charge is 0.352 e. The van der Waals surface area contributed by atoms with Crippen LogP contribution < -0.4 is 5.32 Å². The normalized spacial score (nSPS) is 11.6. The van der Waals surface area contributed by atoms with Gasteiger partial charge in [0.15, 0.2) is 0 Å². The van der Waals surface area contributed by atoms with Crippen LogP contribution in [-0.2, 0) is 18.3 Å². The molecule has 0 saturated heterocycles. The second-order valence-corrected chi connectivity index (χ2v) is 5.35. The maximum atomic E-state index is 11.6. The van der Waals surface area contributed by atoms with Crippen molar-refractivity contribution in [3.8, 4) is 0 Å². The van der Waals surface area contributed by atoms with Gasteiger partial charge in [-0.3, -0.25) is 4.79 Å². The number of carbonyl (C=O) groups excluding carboxylic acids is 1. The van der Waals surface area contributed by atoms with Crippen molar-refractivity contribution in [1.29, 1.82) is 0 Å². The zero-order valence-corrected chi connectivity index (χ0v) is 12.8. The molecule has 5 heteroatoms. The van der Waals surface area contributed by atoms with Crippen LogP contribution in [0.2, 0.25) is 0 Å². The van der Waals surface area contributed by atoms with Crippen LogP contribution in [0.4, 0.5) is 0 Å². The van der Waals surface area contributed by atoms with Crippen LogP contribution >= 0.6 is 0 Å². The lowest BCUT2D eigenvalue weighted by Gasteiger charge is -2.04. The summed E-state index contributed by atoms with van der Waals surface area (Å²) in [7, 11) is 5.93. The molecule has 112 valence electrons. The summed E-state index contributed by atoms with van der Waals surface area (Å²) in [5.41, 5.74) is 2.18. The van der Waals surface area contributed by atoms with Gasteiger partial charge in [0.25, 0.3) is 0 Å². The summed E-state index contributed by atoms with van der Waals surface area (Å²) >= 11 is 0. The SMILES string of the molecule is CN(C)C/C=C/C(=O)NCCc1cn(C)c2ncccc12. The molecule has 0 aromatic carbocycles. The number of likely N-dealkylation sites (N-methyl/N-ethyl adjacent to an activating group) is 1. The van der Waals surface area contributed by atoms with Crippen molar-refractivity contribution < 1.29 is 4.79 Å². The molecular formula is C16H22N4O. The smallest absolute Gasteiger partial charge is 0.243 e. The maximum Gasteiger partial charge on any atom is 0.243 e. The number of carbonyl (C=O) groups is 1. The first-order valence-electron chi connectivity index (χ1n) is 7.06. The van der Waals surface area contributed by atoms with Gasteiger partial charge >= 0.3 is 0 Å². The molecule has 2 heterocycles. The molecule has 1 N–H and O–H groups in total. The molecule has 0 fully saturated rings. The number of fused-ring (bicyclic) bond motifs is 1. The van der Waals surface area contributed by atoms with E-state index in [1.807, 2.05) is 42.8 Å². The van der Waals surface area contributed by atoms with E-state index in [-0.39, 0.29) is 5.91 Å². The third kappa shape index (κ3) is 4.16. The highest BCUT2D eigenvalue weighted by atomic mass is 16.1. The molecule has 1 amide bonds. The van der Waals surface area contributed by atoms with Crippen LogP contribution in [0.25, 0.3) is 11.0 Å². The van der Waals surface area contributed by atoms with E-state index >= 15 is 0 Å². The van der Waals surface area contributed by atoms with Crippen molar-refractivity contribution in [2.24, 2.45) is 7.05 Å². The van der Waals surface area contributed by atoms with Crippen LogP contribution in [0, 0.1) is 0 Å². The van der Waals surface area contributed by atoms with Crippen LogP contribution in [0.1, 0.15) is 5.56 Å². The van der Waals surface area contributed by atoms with Gasteiger partial charge < -0.3 is 14.8 Å². The summed E-state index contributed by atoms with van der Waals surface area (Å²) < 4.78 is 2.02. The first-order chi connectivity index (χ1) is 10.1. The number of amides is 1. The molecule has 0 aliphatic carbocycles. The van der Waals surface area contributed by atoms with E-state index in [1.54, 1.807) is 12.3 Å². The maximum absolute atomic E-state index is 11.6. The highest BCUT2D eigenvalue weighted by molar-refractivity contribution is 5.87. The fourth-order valence-corrected chi connectivity index (χ4v) is 2.24. The first kappa shape index (κ1) is 15.3. The molecule has 0 bridgehead atoms. The number of nitrogens with zero attached hydrogens (tertiary/aromatic N) is 3. The van der Waals surface area contributed by atoms with E-state index in [4.69, 9.17) is 0 Å². The minimum atomic E-state index is -0.0461. The molecule has 21 heavy (non-hydrogen) atoms. The zero-order chi connectivity index (χ0) is 15.2. The Morgan fingerprint density at radius 3 is 3.05 bits per heavy atom. The number of nitrogens with one attached hydrogen (secondary N) is 1. The molecular weight excluding hydrogens is 264 g/mol.